The standard InChI is InChI=1S/C23H17N5O4S/c1-32-18-9-6-16(7-10-18)27-21-5-3-2-4-20(21)26-23(27)33-14-22(29)25-19-11-8-17(28(30)31)12-15(19)13-24/h2-12H,14H2,1H3,(H,25,29). The molecule has 33 heavy (non-hydrogen) atoms. The van der Waals surface area contributed by atoms with Crippen LogP contribution in [0.15, 0.2) is 71.9 Å². The Balaban J connectivity index is 1.57. The molecule has 1 amide bonds. The summed E-state index contributed by atoms with van der Waals surface area (Å²) in [6.07, 6.45) is 0. The molecule has 0 aliphatic carbocycles. The van der Waals surface area contributed by atoms with Gasteiger partial charge < -0.3 is 10.1 Å². The quantitative estimate of drug-likeness (QED) is 0.244. The SMILES string of the molecule is COc1ccc(-n2c(SCC(=O)Nc3ccc([N+](=O)[O-])cc3C#N)nc3ccccc32)cc1. The van der Waals surface area contributed by atoms with Crippen LogP contribution in [-0.2, 0) is 4.79 Å². The number of benzene rings is 3. The second-order valence-corrected chi connectivity index (χ2v) is 7.79. The molecule has 0 saturated heterocycles. The van der Waals surface area contributed by atoms with Crippen LogP contribution < -0.4 is 10.1 Å². The van der Waals surface area contributed by atoms with E-state index in [0.29, 0.717) is 5.16 Å². The van der Waals surface area contributed by atoms with Gasteiger partial charge in [0.15, 0.2) is 5.16 Å². The Morgan fingerprint density at radius 3 is 2.67 bits per heavy atom. The van der Waals surface area contributed by atoms with E-state index in [1.54, 1.807) is 7.11 Å². The van der Waals surface area contributed by atoms with Crippen molar-refractivity contribution in [3.05, 3.63) is 82.4 Å². The van der Waals surface area contributed by atoms with E-state index in [9.17, 15) is 20.2 Å². The third-order valence-electron chi connectivity index (χ3n) is 4.80. The summed E-state index contributed by atoms with van der Waals surface area (Å²) in [7, 11) is 1.60. The number of nitro groups is 1. The monoisotopic (exact) mass is 459 g/mol. The number of ether oxygens (including phenoxy) is 1. The number of nitriles is 1. The number of non-ortho nitro benzene ring substituents is 1. The Kier molecular flexibility index (Phi) is 6.24. The first-order valence-corrected chi connectivity index (χ1v) is 10.7. The number of anilines is 1. The van der Waals surface area contributed by atoms with E-state index in [-0.39, 0.29) is 28.6 Å². The van der Waals surface area contributed by atoms with Crippen molar-refractivity contribution in [3.8, 4) is 17.5 Å². The molecule has 3 aromatic carbocycles. The van der Waals surface area contributed by atoms with Gasteiger partial charge in [-0.25, -0.2) is 4.98 Å². The summed E-state index contributed by atoms with van der Waals surface area (Å²) in [5, 5.41) is 23.5. The van der Waals surface area contributed by atoms with Crippen LogP contribution in [-0.4, -0.2) is 33.2 Å². The lowest BCUT2D eigenvalue weighted by Crippen LogP contribution is -2.15. The lowest BCUT2D eigenvalue weighted by Gasteiger charge is -2.10. The van der Waals surface area contributed by atoms with Crippen molar-refractivity contribution in [2.45, 2.75) is 5.16 Å². The van der Waals surface area contributed by atoms with E-state index in [1.807, 2.05) is 59.2 Å². The normalized spacial score (nSPS) is 10.5. The molecule has 4 rings (SSSR count). The minimum Gasteiger partial charge on any atom is -0.497 e. The average molecular weight is 459 g/mol. The number of hydrogen-bond donors (Lipinski definition) is 1. The van der Waals surface area contributed by atoms with Crippen molar-refractivity contribution in [2.24, 2.45) is 0 Å². The van der Waals surface area contributed by atoms with Gasteiger partial charge in [-0.1, -0.05) is 23.9 Å². The second kappa shape index (κ2) is 9.42. The van der Waals surface area contributed by atoms with Gasteiger partial charge in [0.2, 0.25) is 5.91 Å². The Bertz CT molecular complexity index is 1390. The maximum atomic E-state index is 12.6. The number of carbonyl (C=O) groups excluding carboxylic acids is 1. The number of nitrogens with one attached hydrogen (secondary N) is 1. The van der Waals surface area contributed by atoms with Crippen LogP contribution in [0.25, 0.3) is 16.7 Å². The molecule has 0 aliphatic rings. The predicted octanol–water partition coefficient (Wildman–Crippen LogP) is 4.54. The highest BCUT2D eigenvalue weighted by Gasteiger charge is 2.16. The fourth-order valence-electron chi connectivity index (χ4n) is 3.25. The zero-order valence-corrected chi connectivity index (χ0v) is 18.2. The first-order chi connectivity index (χ1) is 16.0. The number of rotatable bonds is 7. The molecule has 0 saturated carbocycles. The third kappa shape index (κ3) is 4.63. The summed E-state index contributed by atoms with van der Waals surface area (Å²) in [5.74, 6) is 0.397. The number of amides is 1. The van der Waals surface area contributed by atoms with Crippen molar-refractivity contribution >= 4 is 40.1 Å². The topological polar surface area (TPSA) is 123 Å². The average Bonchev–Trinajstić information content (AvgIpc) is 3.21. The number of thioether (sulfide) groups is 1. The fourth-order valence-corrected chi connectivity index (χ4v) is 4.07. The summed E-state index contributed by atoms with van der Waals surface area (Å²) in [5.41, 5.74) is 2.58. The van der Waals surface area contributed by atoms with Gasteiger partial charge in [-0.3, -0.25) is 19.5 Å². The zero-order chi connectivity index (χ0) is 23.4. The van der Waals surface area contributed by atoms with E-state index in [2.05, 4.69) is 10.3 Å². The van der Waals surface area contributed by atoms with Crippen molar-refractivity contribution < 1.29 is 14.5 Å². The molecular formula is C23H17N5O4S. The van der Waals surface area contributed by atoms with Gasteiger partial charge in [-0.05, 0) is 42.5 Å². The summed E-state index contributed by atoms with van der Waals surface area (Å²) < 4.78 is 7.19. The number of nitro benzene ring substituents is 1. The Morgan fingerprint density at radius 2 is 1.97 bits per heavy atom. The van der Waals surface area contributed by atoms with Crippen LogP contribution in [0.1, 0.15) is 5.56 Å². The number of fused-ring (bicyclic) bond motifs is 1. The van der Waals surface area contributed by atoms with Crippen LogP contribution in [0.2, 0.25) is 0 Å². The van der Waals surface area contributed by atoms with Crippen LogP contribution >= 0.6 is 11.8 Å². The van der Waals surface area contributed by atoms with Crippen molar-refractivity contribution in [1.82, 2.24) is 9.55 Å². The van der Waals surface area contributed by atoms with Gasteiger partial charge >= 0.3 is 0 Å². The Labute approximate surface area is 192 Å². The Morgan fingerprint density at radius 1 is 1.21 bits per heavy atom. The minimum atomic E-state index is -0.591. The molecule has 1 N–H and O–H groups in total. The first kappa shape index (κ1) is 21.9. The fraction of sp³-hybridized carbons (Fsp3) is 0.0870. The first-order valence-electron chi connectivity index (χ1n) is 9.73. The van der Waals surface area contributed by atoms with Gasteiger partial charge in [0.1, 0.15) is 11.8 Å². The third-order valence-corrected chi connectivity index (χ3v) is 5.74. The van der Waals surface area contributed by atoms with E-state index >= 15 is 0 Å². The molecule has 1 heterocycles. The molecule has 0 radical (unpaired) electrons. The molecule has 0 aliphatic heterocycles. The molecule has 1 aromatic heterocycles. The van der Waals surface area contributed by atoms with Gasteiger partial charge in [0.25, 0.3) is 5.69 Å². The van der Waals surface area contributed by atoms with Gasteiger partial charge in [0, 0.05) is 17.8 Å². The van der Waals surface area contributed by atoms with Crippen LogP contribution in [0, 0.1) is 21.4 Å². The smallest absolute Gasteiger partial charge is 0.270 e. The summed E-state index contributed by atoms with van der Waals surface area (Å²) in [6.45, 7) is 0. The highest BCUT2D eigenvalue weighted by molar-refractivity contribution is 7.99. The molecule has 0 atom stereocenters. The highest BCUT2D eigenvalue weighted by Crippen LogP contribution is 2.29. The maximum Gasteiger partial charge on any atom is 0.270 e. The number of hydrogen-bond acceptors (Lipinski definition) is 7. The number of carbonyl (C=O) groups is 1. The summed E-state index contributed by atoms with van der Waals surface area (Å²) >= 11 is 1.24. The van der Waals surface area contributed by atoms with Crippen molar-refractivity contribution in [3.63, 3.8) is 0 Å². The maximum absolute atomic E-state index is 12.6. The molecule has 4 aromatic rings. The van der Waals surface area contributed by atoms with Crippen LogP contribution in [0.4, 0.5) is 11.4 Å². The molecule has 10 heteroatoms. The molecule has 0 bridgehead atoms. The van der Waals surface area contributed by atoms with Gasteiger partial charge in [0.05, 0.1) is 40.1 Å². The zero-order valence-electron chi connectivity index (χ0n) is 17.4. The molecule has 164 valence electrons. The predicted molar refractivity (Wildman–Crippen MR) is 125 cm³/mol. The van der Waals surface area contributed by atoms with Crippen molar-refractivity contribution in [2.75, 3.05) is 18.2 Å². The number of methoxy groups -OCH3 is 1. The largest absolute Gasteiger partial charge is 0.497 e. The van der Waals surface area contributed by atoms with E-state index in [0.717, 1.165) is 28.5 Å². The van der Waals surface area contributed by atoms with E-state index < -0.39 is 4.92 Å². The summed E-state index contributed by atoms with van der Waals surface area (Å²) in [6, 6.07) is 20.8. The van der Waals surface area contributed by atoms with E-state index in [1.165, 1.54) is 23.9 Å². The molecule has 0 unspecified atom stereocenters. The molecule has 0 spiro atoms. The molecular weight excluding hydrogens is 442 g/mol. The van der Waals surface area contributed by atoms with Gasteiger partial charge in [-0.15, -0.1) is 0 Å². The number of para-hydroxylation sites is 2. The number of aromatic nitrogens is 2. The lowest BCUT2D eigenvalue weighted by atomic mass is 10.1. The minimum absolute atomic E-state index is 0.0213. The molecule has 0 fully saturated rings. The summed E-state index contributed by atoms with van der Waals surface area (Å²) in [4.78, 5) is 27.6. The second-order valence-electron chi connectivity index (χ2n) is 6.85. The number of imidazole rings is 1. The number of nitrogens with zero attached hydrogens (tertiary/aromatic N) is 4. The van der Waals surface area contributed by atoms with Crippen molar-refractivity contribution in [1.29, 1.82) is 5.26 Å². The lowest BCUT2D eigenvalue weighted by molar-refractivity contribution is -0.384. The van der Waals surface area contributed by atoms with Crippen LogP contribution in [0.5, 0.6) is 5.75 Å². The van der Waals surface area contributed by atoms with Gasteiger partial charge in [-0.2, -0.15) is 5.26 Å². The highest BCUT2D eigenvalue weighted by atomic mass is 32.2. The Hall–Kier alpha value is -4.36. The van der Waals surface area contributed by atoms with E-state index in [4.69, 9.17) is 4.74 Å². The molecule has 9 nitrogen and oxygen atoms in total. The van der Waals surface area contributed by atoms with Crippen LogP contribution in [0.3, 0.4) is 0 Å².